The number of benzene rings is 1. The predicted molar refractivity (Wildman–Crippen MR) is 81.2 cm³/mol. The van der Waals surface area contributed by atoms with Gasteiger partial charge < -0.3 is 15.1 Å². The lowest BCUT2D eigenvalue weighted by Gasteiger charge is -2.39. The van der Waals surface area contributed by atoms with E-state index in [0.717, 1.165) is 26.2 Å². The molecule has 1 N–H and O–H groups in total. The molecule has 1 aromatic carbocycles. The van der Waals surface area contributed by atoms with Crippen LogP contribution in [-0.4, -0.2) is 44.7 Å². The van der Waals surface area contributed by atoms with Crippen molar-refractivity contribution >= 4 is 21.6 Å². The molecule has 1 aromatic rings. The zero-order valence-corrected chi connectivity index (χ0v) is 13.0. The van der Waals surface area contributed by atoms with Gasteiger partial charge in [0, 0.05) is 36.7 Å². The van der Waals surface area contributed by atoms with Gasteiger partial charge in [-0.3, -0.25) is 0 Å². The summed E-state index contributed by atoms with van der Waals surface area (Å²) in [6.45, 7) is 6.53. The number of rotatable bonds is 3. The van der Waals surface area contributed by atoms with Gasteiger partial charge in [0.25, 0.3) is 0 Å². The standard InChI is InChI=1S/C14H22BrN3/c1-11-10-18(7-6-17(11)3)14-5-4-12(9-16-2)8-13(14)15/h4-5,8,11,16H,6-7,9-10H2,1-3H3. The molecule has 1 aliphatic rings. The number of hydrogen-bond donors (Lipinski definition) is 1. The summed E-state index contributed by atoms with van der Waals surface area (Å²) < 4.78 is 1.20. The van der Waals surface area contributed by atoms with E-state index in [9.17, 15) is 0 Å². The highest BCUT2D eigenvalue weighted by molar-refractivity contribution is 9.10. The van der Waals surface area contributed by atoms with Crippen LogP contribution in [0.15, 0.2) is 22.7 Å². The van der Waals surface area contributed by atoms with E-state index in [1.165, 1.54) is 15.7 Å². The van der Waals surface area contributed by atoms with Gasteiger partial charge in [-0.05, 0) is 54.6 Å². The Morgan fingerprint density at radius 2 is 2.17 bits per heavy atom. The Hall–Kier alpha value is -0.580. The van der Waals surface area contributed by atoms with Gasteiger partial charge in [0.1, 0.15) is 0 Å². The highest BCUT2D eigenvalue weighted by Gasteiger charge is 2.21. The van der Waals surface area contributed by atoms with E-state index >= 15 is 0 Å². The first-order chi connectivity index (χ1) is 8.61. The minimum absolute atomic E-state index is 0.614. The zero-order chi connectivity index (χ0) is 13.1. The summed E-state index contributed by atoms with van der Waals surface area (Å²) in [4.78, 5) is 4.89. The molecular formula is C14H22BrN3. The highest BCUT2D eigenvalue weighted by atomic mass is 79.9. The average Bonchev–Trinajstić information content (AvgIpc) is 2.34. The van der Waals surface area contributed by atoms with Gasteiger partial charge in [-0.15, -0.1) is 0 Å². The van der Waals surface area contributed by atoms with Gasteiger partial charge in [0.2, 0.25) is 0 Å². The maximum atomic E-state index is 3.70. The maximum Gasteiger partial charge on any atom is 0.0511 e. The molecule has 0 spiro atoms. The maximum absolute atomic E-state index is 3.70. The van der Waals surface area contributed by atoms with Crippen molar-refractivity contribution in [1.29, 1.82) is 0 Å². The quantitative estimate of drug-likeness (QED) is 0.924. The molecule has 0 amide bonds. The minimum Gasteiger partial charge on any atom is -0.368 e. The second-order valence-electron chi connectivity index (χ2n) is 5.09. The van der Waals surface area contributed by atoms with Crippen LogP contribution in [0.4, 0.5) is 5.69 Å². The second kappa shape index (κ2) is 6.04. The van der Waals surface area contributed by atoms with Crippen LogP contribution in [-0.2, 0) is 6.54 Å². The molecule has 3 nitrogen and oxygen atoms in total. The van der Waals surface area contributed by atoms with Gasteiger partial charge in [0.05, 0.1) is 5.69 Å². The third-order valence-electron chi connectivity index (χ3n) is 3.69. The van der Waals surface area contributed by atoms with E-state index in [0.29, 0.717) is 6.04 Å². The van der Waals surface area contributed by atoms with Crippen molar-refractivity contribution in [3.8, 4) is 0 Å². The van der Waals surface area contributed by atoms with Gasteiger partial charge in [-0.1, -0.05) is 6.07 Å². The van der Waals surface area contributed by atoms with Crippen LogP contribution in [0.1, 0.15) is 12.5 Å². The highest BCUT2D eigenvalue weighted by Crippen LogP contribution is 2.29. The van der Waals surface area contributed by atoms with Crippen molar-refractivity contribution in [3.05, 3.63) is 28.2 Å². The molecule has 1 saturated heterocycles. The molecule has 1 atom stereocenters. The Kier molecular flexibility index (Phi) is 4.65. The molecular weight excluding hydrogens is 290 g/mol. The number of piperazine rings is 1. The van der Waals surface area contributed by atoms with Crippen LogP contribution in [0.25, 0.3) is 0 Å². The fourth-order valence-corrected chi connectivity index (χ4v) is 3.07. The fraction of sp³-hybridized carbons (Fsp3) is 0.571. The Labute approximate surface area is 118 Å². The van der Waals surface area contributed by atoms with E-state index in [4.69, 9.17) is 0 Å². The summed E-state index contributed by atoms with van der Waals surface area (Å²) in [6.07, 6.45) is 0. The molecule has 0 radical (unpaired) electrons. The van der Waals surface area contributed by atoms with Crippen molar-refractivity contribution in [2.24, 2.45) is 0 Å². The molecule has 1 heterocycles. The van der Waals surface area contributed by atoms with Crippen LogP contribution >= 0.6 is 15.9 Å². The number of likely N-dealkylation sites (N-methyl/N-ethyl adjacent to an activating group) is 1. The van der Waals surface area contributed by atoms with Gasteiger partial charge in [-0.25, -0.2) is 0 Å². The molecule has 100 valence electrons. The molecule has 0 bridgehead atoms. The summed E-state index contributed by atoms with van der Waals surface area (Å²) in [5.74, 6) is 0. The monoisotopic (exact) mass is 311 g/mol. The predicted octanol–water partition coefficient (Wildman–Crippen LogP) is 2.31. The molecule has 0 aromatic heterocycles. The summed E-state index contributed by atoms with van der Waals surface area (Å²) in [5, 5.41) is 3.18. The van der Waals surface area contributed by atoms with Crippen LogP contribution in [0, 0.1) is 0 Å². The van der Waals surface area contributed by atoms with Gasteiger partial charge in [0.15, 0.2) is 0 Å². The van der Waals surface area contributed by atoms with Crippen LogP contribution in [0.5, 0.6) is 0 Å². The minimum atomic E-state index is 0.614. The van der Waals surface area contributed by atoms with Crippen molar-refractivity contribution < 1.29 is 0 Å². The number of anilines is 1. The normalized spacial score (nSPS) is 21.3. The van der Waals surface area contributed by atoms with Crippen molar-refractivity contribution in [2.75, 3.05) is 38.6 Å². The van der Waals surface area contributed by atoms with E-state index in [2.05, 4.69) is 63.2 Å². The molecule has 1 aliphatic heterocycles. The fourth-order valence-electron chi connectivity index (χ4n) is 2.39. The van der Waals surface area contributed by atoms with Gasteiger partial charge >= 0.3 is 0 Å². The summed E-state index contributed by atoms with van der Waals surface area (Å²) in [5.41, 5.74) is 2.63. The smallest absolute Gasteiger partial charge is 0.0511 e. The topological polar surface area (TPSA) is 18.5 Å². The molecule has 4 heteroatoms. The summed E-state index contributed by atoms with van der Waals surface area (Å²) in [7, 11) is 4.18. The van der Waals surface area contributed by atoms with Crippen molar-refractivity contribution in [2.45, 2.75) is 19.5 Å². The van der Waals surface area contributed by atoms with Crippen LogP contribution in [0.3, 0.4) is 0 Å². The Bertz CT molecular complexity index is 408. The largest absolute Gasteiger partial charge is 0.368 e. The van der Waals surface area contributed by atoms with Crippen LogP contribution < -0.4 is 10.2 Å². The van der Waals surface area contributed by atoms with Crippen molar-refractivity contribution in [1.82, 2.24) is 10.2 Å². The number of hydrogen-bond acceptors (Lipinski definition) is 3. The zero-order valence-electron chi connectivity index (χ0n) is 11.4. The number of nitrogens with zero attached hydrogens (tertiary/aromatic N) is 2. The number of halogens is 1. The second-order valence-corrected chi connectivity index (χ2v) is 5.95. The lowest BCUT2D eigenvalue weighted by atomic mass is 10.1. The molecule has 2 rings (SSSR count). The summed E-state index contributed by atoms with van der Waals surface area (Å²) in [6, 6.07) is 7.27. The SMILES string of the molecule is CNCc1ccc(N2CCN(C)C(C)C2)c(Br)c1. The number of nitrogens with one attached hydrogen (secondary N) is 1. The van der Waals surface area contributed by atoms with Crippen LogP contribution in [0.2, 0.25) is 0 Å². The van der Waals surface area contributed by atoms with E-state index in [1.54, 1.807) is 0 Å². The third kappa shape index (κ3) is 3.05. The van der Waals surface area contributed by atoms with E-state index in [-0.39, 0.29) is 0 Å². The third-order valence-corrected chi connectivity index (χ3v) is 4.33. The molecule has 18 heavy (non-hydrogen) atoms. The molecule has 0 saturated carbocycles. The van der Waals surface area contributed by atoms with E-state index in [1.807, 2.05) is 7.05 Å². The lowest BCUT2D eigenvalue weighted by molar-refractivity contribution is 0.234. The Balaban J connectivity index is 2.13. The lowest BCUT2D eigenvalue weighted by Crippen LogP contribution is -2.50. The molecule has 1 fully saturated rings. The first kappa shape index (κ1) is 13.8. The van der Waals surface area contributed by atoms with Gasteiger partial charge in [-0.2, -0.15) is 0 Å². The summed E-state index contributed by atoms with van der Waals surface area (Å²) >= 11 is 3.70. The first-order valence-electron chi connectivity index (χ1n) is 6.50. The van der Waals surface area contributed by atoms with Crippen molar-refractivity contribution in [3.63, 3.8) is 0 Å². The van der Waals surface area contributed by atoms with E-state index < -0.39 is 0 Å². The average molecular weight is 312 g/mol. The molecule has 1 unspecified atom stereocenters. The Morgan fingerprint density at radius 1 is 1.39 bits per heavy atom. The molecule has 0 aliphatic carbocycles. The first-order valence-corrected chi connectivity index (χ1v) is 7.29. The Morgan fingerprint density at radius 3 is 2.78 bits per heavy atom.